The van der Waals surface area contributed by atoms with Crippen LogP contribution in [0.15, 0.2) is 51.8 Å². The second kappa shape index (κ2) is 7.40. The number of amides is 1. The largest absolute Gasteiger partial charge is 0.482 e. The number of H-pyrrole nitrogens is 1. The molecule has 156 valence electrons. The van der Waals surface area contributed by atoms with Gasteiger partial charge in [-0.3, -0.25) is 4.79 Å². The van der Waals surface area contributed by atoms with E-state index >= 15 is 0 Å². The Labute approximate surface area is 182 Å². The van der Waals surface area contributed by atoms with Crippen molar-refractivity contribution in [1.29, 1.82) is 0 Å². The number of hydrogen-bond donors (Lipinski definition) is 2. The summed E-state index contributed by atoms with van der Waals surface area (Å²) in [7, 11) is -3.73. The van der Waals surface area contributed by atoms with Crippen molar-refractivity contribution in [2.75, 3.05) is 25.0 Å². The lowest BCUT2D eigenvalue weighted by Gasteiger charge is -2.32. The van der Waals surface area contributed by atoms with Crippen molar-refractivity contribution in [1.82, 2.24) is 9.29 Å². The molecule has 1 saturated heterocycles. The maximum absolute atomic E-state index is 13.5. The van der Waals surface area contributed by atoms with E-state index in [1.807, 2.05) is 18.2 Å². The third kappa shape index (κ3) is 3.40. The first kappa shape index (κ1) is 19.6. The topological polar surface area (TPSA) is 91.5 Å². The number of anilines is 1. The zero-order valence-corrected chi connectivity index (χ0v) is 18.4. The normalized spacial score (nSPS) is 19.9. The molecule has 2 aliphatic heterocycles. The average molecular weight is 490 g/mol. The molecule has 0 bridgehead atoms. The second-order valence-corrected chi connectivity index (χ2v) is 10.4. The Bertz CT molecular complexity index is 1220. The van der Waals surface area contributed by atoms with Crippen LogP contribution < -0.4 is 10.1 Å². The third-order valence-electron chi connectivity index (χ3n) is 5.66. The summed E-state index contributed by atoms with van der Waals surface area (Å²) in [5.41, 5.74) is 2.59. The van der Waals surface area contributed by atoms with E-state index in [1.165, 1.54) is 6.07 Å². The molecule has 0 aliphatic carbocycles. The van der Waals surface area contributed by atoms with Crippen molar-refractivity contribution < 1.29 is 17.9 Å². The zero-order valence-electron chi connectivity index (χ0n) is 16.0. The summed E-state index contributed by atoms with van der Waals surface area (Å²) in [6.07, 6.45) is 1.72. The highest BCUT2D eigenvalue weighted by molar-refractivity contribution is 9.10. The average Bonchev–Trinajstić information content (AvgIpc) is 3.17. The summed E-state index contributed by atoms with van der Waals surface area (Å²) in [6.45, 7) is 0.761. The molecule has 9 heteroatoms. The van der Waals surface area contributed by atoms with Crippen LogP contribution in [0.5, 0.6) is 5.75 Å². The molecule has 0 saturated carbocycles. The van der Waals surface area contributed by atoms with Gasteiger partial charge in [0.1, 0.15) is 10.6 Å². The molecule has 3 aromatic rings. The molecule has 2 N–H and O–H groups in total. The predicted octanol–water partition coefficient (Wildman–Crippen LogP) is 3.83. The van der Waals surface area contributed by atoms with E-state index in [0.717, 1.165) is 29.4 Å². The quantitative estimate of drug-likeness (QED) is 0.584. The van der Waals surface area contributed by atoms with Gasteiger partial charge in [0.15, 0.2) is 6.61 Å². The van der Waals surface area contributed by atoms with Crippen LogP contribution in [0.2, 0.25) is 0 Å². The first-order valence-corrected chi connectivity index (χ1v) is 12.0. The highest BCUT2D eigenvalue weighted by Gasteiger charge is 2.34. The molecule has 2 aromatic carbocycles. The number of fused-ring (bicyclic) bond motifs is 2. The van der Waals surface area contributed by atoms with Gasteiger partial charge in [-0.2, -0.15) is 4.31 Å². The highest BCUT2D eigenvalue weighted by atomic mass is 79.9. The van der Waals surface area contributed by atoms with Gasteiger partial charge in [0.25, 0.3) is 5.91 Å². The Morgan fingerprint density at radius 1 is 1.17 bits per heavy atom. The lowest BCUT2D eigenvalue weighted by atomic mass is 9.96. The number of nitrogens with zero attached hydrogens (tertiary/aromatic N) is 1. The summed E-state index contributed by atoms with van der Waals surface area (Å²) in [5.74, 6) is 0.204. The molecular weight excluding hydrogens is 470 g/mol. The van der Waals surface area contributed by atoms with Crippen LogP contribution in [0, 0.1) is 0 Å². The summed E-state index contributed by atoms with van der Waals surface area (Å²) in [4.78, 5) is 15.1. The first-order chi connectivity index (χ1) is 14.4. The fraction of sp³-hybridized carbons (Fsp3) is 0.286. The molecule has 0 radical (unpaired) electrons. The summed E-state index contributed by atoms with van der Waals surface area (Å²) in [6, 6.07) is 13.2. The molecule has 0 spiro atoms. The van der Waals surface area contributed by atoms with E-state index in [9.17, 15) is 13.2 Å². The van der Waals surface area contributed by atoms with E-state index < -0.39 is 10.0 Å². The summed E-state index contributed by atoms with van der Waals surface area (Å²) in [5, 5.41) is 3.82. The van der Waals surface area contributed by atoms with Crippen LogP contribution >= 0.6 is 15.9 Å². The molecule has 1 aromatic heterocycles. The van der Waals surface area contributed by atoms with E-state index in [1.54, 1.807) is 10.4 Å². The van der Waals surface area contributed by atoms with Crippen molar-refractivity contribution >= 4 is 48.5 Å². The fourth-order valence-corrected chi connectivity index (χ4v) is 6.69. The van der Waals surface area contributed by atoms with Crippen molar-refractivity contribution in [3.05, 3.63) is 52.6 Å². The molecule has 1 fully saturated rings. The van der Waals surface area contributed by atoms with Crippen molar-refractivity contribution in [2.45, 2.75) is 23.7 Å². The van der Waals surface area contributed by atoms with Gasteiger partial charge in [-0.1, -0.05) is 18.2 Å². The number of nitrogens with one attached hydrogen (secondary N) is 2. The Morgan fingerprint density at radius 3 is 2.83 bits per heavy atom. The Morgan fingerprint density at radius 2 is 2.00 bits per heavy atom. The number of piperidine rings is 1. The number of hydrogen-bond acceptors (Lipinski definition) is 4. The molecule has 3 heterocycles. The lowest BCUT2D eigenvalue weighted by Crippen LogP contribution is -2.39. The number of para-hydroxylation sites is 1. The van der Waals surface area contributed by atoms with Gasteiger partial charge < -0.3 is 15.0 Å². The fourth-order valence-electron chi connectivity index (χ4n) is 4.15. The van der Waals surface area contributed by atoms with Gasteiger partial charge in [0.05, 0.1) is 5.69 Å². The molecule has 5 rings (SSSR count). The smallest absolute Gasteiger partial charge is 0.262 e. The number of rotatable bonds is 3. The summed E-state index contributed by atoms with van der Waals surface area (Å²) >= 11 is 3.36. The molecule has 2 aliphatic rings. The highest BCUT2D eigenvalue weighted by Crippen LogP contribution is 2.38. The minimum Gasteiger partial charge on any atom is -0.482 e. The van der Waals surface area contributed by atoms with E-state index in [4.69, 9.17) is 4.74 Å². The number of carbonyl (C=O) groups is 1. The molecule has 30 heavy (non-hydrogen) atoms. The number of aromatic amines is 1. The molecule has 1 amide bonds. The minimum absolute atomic E-state index is 0.105. The molecule has 1 atom stereocenters. The van der Waals surface area contributed by atoms with Crippen molar-refractivity contribution in [3.8, 4) is 5.75 Å². The van der Waals surface area contributed by atoms with Crippen LogP contribution in [-0.4, -0.2) is 43.3 Å². The van der Waals surface area contributed by atoms with E-state index in [0.29, 0.717) is 29.0 Å². The van der Waals surface area contributed by atoms with Gasteiger partial charge in [-0.15, -0.1) is 0 Å². The first-order valence-electron chi connectivity index (χ1n) is 9.76. The third-order valence-corrected chi connectivity index (χ3v) is 8.48. The van der Waals surface area contributed by atoms with Gasteiger partial charge in [-0.25, -0.2) is 8.42 Å². The van der Waals surface area contributed by atoms with Gasteiger partial charge in [-0.05, 0) is 52.4 Å². The number of benzene rings is 2. The maximum Gasteiger partial charge on any atom is 0.262 e. The predicted molar refractivity (Wildman–Crippen MR) is 117 cm³/mol. The van der Waals surface area contributed by atoms with Gasteiger partial charge in [0.2, 0.25) is 10.0 Å². The number of ether oxygens (including phenoxy) is 1. The standard InChI is InChI=1S/C21H20BrN3O4S/c22-15-9-18-19(29-12-21(26)24-18)10-20(15)30(27,28)25-7-3-5-14(11-25)17-8-13-4-1-2-6-16(13)23-17/h1-2,4,6,8-10,14,23H,3,5,7,11-12H2,(H,24,26). The van der Waals surface area contributed by atoms with Crippen LogP contribution in [0.4, 0.5) is 5.69 Å². The maximum atomic E-state index is 13.5. The lowest BCUT2D eigenvalue weighted by molar-refractivity contribution is -0.118. The summed E-state index contributed by atoms with van der Waals surface area (Å²) < 4.78 is 34.3. The zero-order chi connectivity index (χ0) is 20.9. The molecular formula is C21H20BrN3O4S. The SMILES string of the molecule is O=C1COc2cc(S(=O)(=O)N3CCCC(c4cc5ccccc5[nH]4)C3)c(Br)cc2N1. The number of halogens is 1. The Kier molecular flexibility index (Phi) is 4.83. The number of aromatic nitrogens is 1. The Balaban J connectivity index is 1.45. The molecule has 7 nitrogen and oxygen atoms in total. The van der Waals surface area contributed by atoms with Crippen LogP contribution in [0.1, 0.15) is 24.5 Å². The van der Waals surface area contributed by atoms with Crippen molar-refractivity contribution in [2.24, 2.45) is 0 Å². The monoisotopic (exact) mass is 489 g/mol. The van der Waals surface area contributed by atoms with Crippen LogP contribution in [0.3, 0.4) is 0 Å². The van der Waals surface area contributed by atoms with Gasteiger partial charge >= 0.3 is 0 Å². The second-order valence-electron chi connectivity index (χ2n) is 7.63. The number of sulfonamides is 1. The Hall–Kier alpha value is -2.36. The van der Waals surface area contributed by atoms with Crippen LogP contribution in [0.25, 0.3) is 10.9 Å². The van der Waals surface area contributed by atoms with E-state index in [2.05, 4.69) is 38.4 Å². The molecule has 1 unspecified atom stereocenters. The van der Waals surface area contributed by atoms with E-state index in [-0.39, 0.29) is 23.3 Å². The minimum atomic E-state index is -3.73. The van der Waals surface area contributed by atoms with Gasteiger partial charge in [0, 0.05) is 40.8 Å². The van der Waals surface area contributed by atoms with Crippen molar-refractivity contribution in [3.63, 3.8) is 0 Å². The van der Waals surface area contributed by atoms with Crippen LogP contribution in [-0.2, 0) is 14.8 Å². The number of carbonyl (C=O) groups excluding carboxylic acids is 1.